The second-order valence-corrected chi connectivity index (χ2v) is 7.59. The van der Waals surface area contributed by atoms with Gasteiger partial charge in [-0.15, -0.1) is 0 Å². The number of hydrogen-bond acceptors (Lipinski definition) is 6. The molecule has 1 N–H and O–H groups in total. The van der Waals surface area contributed by atoms with Gasteiger partial charge in [0.2, 0.25) is 0 Å². The molecule has 2 heterocycles. The quantitative estimate of drug-likeness (QED) is 0.668. The molecule has 0 bridgehead atoms. The summed E-state index contributed by atoms with van der Waals surface area (Å²) in [7, 11) is 0. The standard InChI is InChI=1S/C20H22O6/c1-19(2,3)18(23)25-12-20(11-21)9-13(17(22)26-20)8-14-10-24-16-7-5-4-6-15(14)16/h4-8,10,21H,9,11-12H2,1-3H3/b13-8-. The largest absolute Gasteiger partial charge is 0.464 e. The van der Waals surface area contributed by atoms with Crippen molar-refractivity contribution in [3.8, 4) is 0 Å². The smallest absolute Gasteiger partial charge is 0.334 e. The van der Waals surface area contributed by atoms with Crippen LogP contribution >= 0.6 is 0 Å². The molecule has 1 unspecified atom stereocenters. The van der Waals surface area contributed by atoms with Crippen LogP contribution in [0.5, 0.6) is 0 Å². The Hall–Kier alpha value is -2.60. The van der Waals surface area contributed by atoms with Gasteiger partial charge in [0.05, 0.1) is 18.3 Å². The van der Waals surface area contributed by atoms with E-state index in [9.17, 15) is 14.7 Å². The molecule has 1 aliphatic heterocycles. The van der Waals surface area contributed by atoms with Crippen LogP contribution in [0.3, 0.4) is 0 Å². The number of benzene rings is 1. The first-order valence-corrected chi connectivity index (χ1v) is 8.42. The van der Waals surface area contributed by atoms with E-state index in [-0.39, 0.29) is 13.0 Å². The number of carbonyl (C=O) groups excluding carboxylic acids is 2. The summed E-state index contributed by atoms with van der Waals surface area (Å²) in [5.41, 5.74) is -0.0413. The third-order valence-corrected chi connectivity index (χ3v) is 4.29. The highest BCUT2D eigenvalue weighted by atomic mass is 16.6. The molecule has 1 aromatic heterocycles. The van der Waals surface area contributed by atoms with Gasteiger partial charge in [0.15, 0.2) is 5.60 Å². The van der Waals surface area contributed by atoms with Crippen molar-refractivity contribution < 1.29 is 28.6 Å². The molecule has 1 saturated heterocycles. The lowest BCUT2D eigenvalue weighted by Gasteiger charge is -2.26. The first kappa shape index (κ1) is 18.2. The summed E-state index contributed by atoms with van der Waals surface area (Å²) in [5.74, 6) is -0.948. The maximum atomic E-state index is 12.3. The van der Waals surface area contributed by atoms with Crippen molar-refractivity contribution >= 4 is 29.0 Å². The van der Waals surface area contributed by atoms with Gasteiger partial charge in [-0.3, -0.25) is 4.79 Å². The van der Waals surface area contributed by atoms with E-state index in [0.717, 1.165) is 16.5 Å². The number of rotatable bonds is 4. The molecule has 1 aromatic carbocycles. The summed E-state index contributed by atoms with van der Waals surface area (Å²) in [6.45, 7) is 4.58. The molecule has 0 saturated carbocycles. The predicted octanol–water partition coefficient (Wildman–Crippen LogP) is 3.08. The molecule has 0 radical (unpaired) electrons. The Balaban J connectivity index is 1.81. The maximum Gasteiger partial charge on any atom is 0.334 e. The number of para-hydroxylation sites is 1. The predicted molar refractivity (Wildman–Crippen MR) is 95.1 cm³/mol. The van der Waals surface area contributed by atoms with Gasteiger partial charge in [0, 0.05) is 22.9 Å². The van der Waals surface area contributed by atoms with E-state index in [0.29, 0.717) is 5.57 Å². The normalized spacial score (nSPS) is 22.0. The first-order chi connectivity index (χ1) is 12.2. The minimum Gasteiger partial charge on any atom is -0.464 e. The van der Waals surface area contributed by atoms with Gasteiger partial charge in [-0.05, 0) is 32.9 Å². The van der Waals surface area contributed by atoms with Crippen LogP contribution < -0.4 is 0 Å². The van der Waals surface area contributed by atoms with Crippen molar-refractivity contribution in [2.45, 2.75) is 32.8 Å². The fraction of sp³-hybridized carbons (Fsp3) is 0.400. The van der Waals surface area contributed by atoms with Gasteiger partial charge in [-0.1, -0.05) is 18.2 Å². The molecule has 2 aromatic rings. The number of aliphatic hydroxyl groups excluding tert-OH is 1. The highest BCUT2D eigenvalue weighted by Gasteiger charge is 2.45. The third-order valence-electron chi connectivity index (χ3n) is 4.29. The average molecular weight is 358 g/mol. The van der Waals surface area contributed by atoms with Crippen LogP contribution in [0.25, 0.3) is 17.0 Å². The van der Waals surface area contributed by atoms with Crippen LogP contribution in [0.1, 0.15) is 32.8 Å². The van der Waals surface area contributed by atoms with E-state index in [1.165, 1.54) is 0 Å². The molecule has 1 fully saturated rings. The lowest BCUT2D eigenvalue weighted by molar-refractivity contribution is -0.171. The summed E-state index contributed by atoms with van der Waals surface area (Å²) in [5, 5.41) is 10.6. The van der Waals surface area contributed by atoms with Crippen LogP contribution in [-0.4, -0.2) is 35.9 Å². The number of hydrogen-bond donors (Lipinski definition) is 1. The zero-order valence-corrected chi connectivity index (χ0v) is 15.1. The molecule has 0 spiro atoms. The first-order valence-electron chi connectivity index (χ1n) is 8.42. The Morgan fingerprint density at radius 3 is 2.77 bits per heavy atom. The molecule has 1 aliphatic rings. The van der Waals surface area contributed by atoms with Crippen molar-refractivity contribution in [1.82, 2.24) is 0 Å². The minimum absolute atomic E-state index is 0.152. The molecule has 3 rings (SSSR count). The fourth-order valence-electron chi connectivity index (χ4n) is 2.75. The van der Waals surface area contributed by atoms with Gasteiger partial charge >= 0.3 is 11.9 Å². The molecule has 0 aliphatic carbocycles. The van der Waals surface area contributed by atoms with Crippen LogP contribution in [0, 0.1) is 5.41 Å². The summed E-state index contributed by atoms with van der Waals surface area (Å²) in [6.07, 6.45) is 3.42. The molecule has 0 amide bonds. The van der Waals surface area contributed by atoms with E-state index in [2.05, 4.69) is 0 Å². The Labute approximate surface area is 151 Å². The summed E-state index contributed by atoms with van der Waals surface area (Å²) >= 11 is 0. The second-order valence-electron chi connectivity index (χ2n) is 7.59. The fourth-order valence-corrected chi connectivity index (χ4v) is 2.75. The summed E-state index contributed by atoms with van der Waals surface area (Å²) in [4.78, 5) is 24.3. The Bertz CT molecular complexity index is 870. The summed E-state index contributed by atoms with van der Waals surface area (Å²) < 4.78 is 16.1. The highest BCUT2D eigenvalue weighted by molar-refractivity contribution is 5.99. The van der Waals surface area contributed by atoms with Gasteiger partial charge in [-0.25, -0.2) is 4.79 Å². The van der Waals surface area contributed by atoms with Crippen molar-refractivity contribution in [1.29, 1.82) is 0 Å². The average Bonchev–Trinajstić information content (AvgIpc) is 3.14. The molecule has 138 valence electrons. The number of carbonyl (C=O) groups is 2. The number of aliphatic hydroxyl groups is 1. The molecule has 26 heavy (non-hydrogen) atoms. The van der Waals surface area contributed by atoms with Gasteiger partial charge in [0.25, 0.3) is 0 Å². The molecular weight excluding hydrogens is 336 g/mol. The van der Waals surface area contributed by atoms with E-state index in [1.807, 2.05) is 24.3 Å². The topological polar surface area (TPSA) is 86.0 Å². The van der Waals surface area contributed by atoms with Gasteiger partial charge < -0.3 is 19.0 Å². The zero-order chi connectivity index (χ0) is 18.9. The van der Waals surface area contributed by atoms with Gasteiger partial charge in [-0.2, -0.15) is 0 Å². The van der Waals surface area contributed by atoms with Crippen LogP contribution in [-0.2, 0) is 19.1 Å². The van der Waals surface area contributed by atoms with E-state index >= 15 is 0 Å². The van der Waals surface area contributed by atoms with Crippen molar-refractivity contribution in [2.24, 2.45) is 5.41 Å². The zero-order valence-electron chi connectivity index (χ0n) is 15.1. The Kier molecular flexibility index (Phi) is 4.63. The van der Waals surface area contributed by atoms with Crippen LogP contribution in [0.4, 0.5) is 0 Å². The molecular formula is C20H22O6. The lowest BCUT2D eigenvalue weighted by Crippen LogP contribution is -2.40. The number of cyclic esters (lactones) is 1. The van der Waals surface area contributed by atoms with Crippen LogP contribution in [0.2, 0.25) is 0 Å². The number of ether oxygens (including phenoxy) is 2. The molecule has 6 heteroatoms. The summed E-state index contributed by atoms with van der Waals surface area (Å²) in [6, 6.07) is 7.49. The Morgan fingerprint density at radius 2 is 2.08 bits per heavy atom. The molecule has 1 atom stereocenters. The minimum atomic E-state index is -1.25. The monoisotopic (exact) mass is 358 g/mol. The molecule has 6 nitrogen and oxygen atoms in total. The Morgan fingerprint density at radius 1 is 1.35 bits per heavy atom. The maximum absolute atomic E-state index is 12.3. The van der Waals surface area contributed by atoms with Gasteiger partial charge in [0.1, 0.15) is 12.2 Å². The number of esters is 2. The second kappa shape index (κ2) is 6.61. The number of fused-ring (bicyclic) bond motifs is 1. The third kappa shape index (κ3) is 3.51. The van der Waals surface area contributed by atoms with E-state index in [4.69, 9.17) is 13.9 Å². The van der Waals surface area contributed by atoms with Crippen LogP contribution in [0.15, 0.2) is 40.5 Å². The highest BCUT2D eigenvalue weighted by Crippen LogP contribution is 2.34. The van der Waals surface area contributed by atoms with Crippen molar-refractivity contribution in [3.63, 3.8) is 0 Å². The van der Waals surface area contributed by atoms with E-state index < -0.39 is 29.6 Å². The SMILES string of the molecule is CC(C)(C)C(=O)OCC1(CO)C/C(=C/c2coc3ccccc23)C(=O)O1. The number of furan rings is 1. The van der Waals surface area contributed by atoms with Crippen molar-refractivity contribution in [3.05, 3.63) is 41.7 Å². The van der Waals surface area contributed by atoms with E-state index in [1.54, 1.807) is 33.1 Å². The lowest BCUT2D eigenvalue weighted by atomic mass is 9.96. The van der Waals surface area contributed by atoms with Crippen molar-refractivity contribution in [2.75, 3.05) is 13.2 Å².